The quantitative estimate of drug-likeness (QED) is 0.382. The number of fused-ring (bicyclic) bond motifs is 2. The largest absolute Gasteiger partial charge is 0.497 e. The lowest BCUT2D eigenvalue weighted by Crippen LogP contribution is -2.44. The summed E-state index contributed by atoms with van der Waals surface area (Å²) in [5.41, 5.74) is 4.38. The standard InChI is InChI=1S/C27H32N4O2/c1-33-21-6-7-26-24(16-21)23(9-13-29-26)27(32)18-31-14-10-20(11-15-31)28-12-8-19-17-30-25-5-3-2-4-22(19)25/h2-7,9,13,16-17,20,27-28,30,32H,8,10-12,14-15,18H2,1H3/t27-/m0/s1. The number of nitrogens with zero attached hydrogens (tertiary/aromatic N) is 2. The molecule has 33 heavy (non-hydrogen) atoms. The molecule has 0 amide bonds. The van der Waals surface area contributed by atoms with Crippen LogP contribution in [0, 0.1) is 0 Å². The van der Waals surface area contributed by atoms with Gasteiger partial charge in [-0.2, -0.15) is 0 Å². The number of likely N-dealkylation sites (tertiary alicyclic amines) is 1. The maximum atomic E-state index is 11.0. The van der Waals surface area contributed by atoms with Crippen molar-refractivity contribution in [1.82, 2.24) is 20.2 Å². The monoisotopic (exact) mass is 444 g/mol. The number of ether oxygens (including phenoxy) is 1. The van der Waals surface area contributed by atoms with Crippen LogP contribution in [0.25, 0.3) is 21.8 Å². The number of aromatic amines is 1. The number of hydrogen-bond acceptors (Lipinski definition) is 5. The van der Waals surface area contributed by atoms with Gasteiger partial charge in [-0.25, -0.2) is 0 Å². The van der Waals surface area contributed by atoms with E-state index in [0.717, 1.165) is 61.1 Å². The average Bonchev–Trinajstić information content (AvgIpc) is 3.27. The second-order valence-electron chi connectivity index (χ2n) is 8.94. The number of aliphatic hydroxyl groups excluding tert-OH is 1. The molecule has 1 saturated heterocycles. The van der Waals surface area contributed by atoms with Crippen LogP contribution in [0.1, 0.15) is 30.1 Å². The van der Waals surface area contributed by atoms with E-state index in [1.165, 1.54) is 16.5 Å². The topological polar surface area (TPSA) is 73.4 Å². The summed E-state index contributed by atoms with van der Waals surface area (Å²) in [6.45, 7) is 3.61. The summed E-state index contributed by atoms with van der Waals surface area (Å²) < 4.78 is 5.37. The summed E-state index contributed by atoms with van der Waals surface area (Å²) in [5.74, 6) is 0.781. The van der Waals surface area contributed by atoms with Gasteiger partial charge in [0, 0.05) is 41.3 Å². The minimum Gasteiger partial charge on any atom is -0.497 e. The van der Waals surface area contributed by atoms with E-state index in [9.17, 15) is 5.11 Å². The van der Waals surface area contributed by atoms with Gasteiger partial charge in [-0.15, -0.1) is 0 Å². The van der Waals surface area contributed by atoms with Crippen LogP contribution in [0.5, 0.6) is 5.75 Å². The fourth-order valence-corrected chi connectivity index (χ4v) is 4.98. The van der Waals surface area contributed by atoms with Crippen LogP contribution >= 0.6 is 0 Å². The molecule has 1 aliphatic heterocycles. The van der Waals surface area contributed by atoms with E-state index in [1.807, 2.05) is 24.3 Å². The first-order valence-electron chi connectivity index (χ1n) is 11.8. The molecule has 2 aromatic carbocycles. The van der Waals surface area contributed by atoms with Gasteiger partial charge in [0.15, 0.2) is 0 Å². The summed E-state index contributed by atoms with van der Waals surface area (Å²) in [5, 5.41) is 17.0. The lowest BCUT2D eigenvalue weighted by atomic mass is 10.0. The molecule has 6 nitrogen and oxygen atoms in total. The number of aromatic nitrogens is 2. The summed E-state index contributed by atoms with van der Waals surface area (Å²) in [6, 6.07) is 16.8. The second-order valence-corrected chi connectivity index (χ2v) is 8.94. The molecular formula is C27H32N4O2. The first-order valence-corrected chi connectivity index (χ1v) is 11.8. The van der Waals surface area contributed by atoms with E-state index in [-0.39, 0.29) is 0 Å². The molecule has 1 atom stereocenters. The number of para-hydroxylation sites is 1. The Morgan fingerprint density at radius 1 is 1.15 bits per heavy atom. The first kappa shape index (κ1) is 21.9. The van der Waals surface area contributed by atoms with Gasteiger partial charge in [-0.3, -0.25) is 4.98 Å². The van der Waals surface area contributed by atoms with Gasteiger partial charge in [0.25, 0.3) is 0 Å². The first-order chi connectivity index (χ1) is 16.2. The second kappa shape index (κ2) is 9.91. The fourth-order valence-electron chi connectivity index (χ4n) is 4.98. The van der Waals surface area contributed by atoms with E-state index < -0.39 is 6.10 Å². The number of β-amino-alcohol motifs (C(OH)–C–C–N with tert-alkyl or cyclic N) is 1. The molecule has 6 heteroatoms. The Labute approximate surface area is 194 Å². The van der Waals surface area contributed by atoms with Crippen molar-refractivity contribution >= 4 is 21.8 Å². The van der Waals surface area contributed by atoms with E-state index in [4.69, 9.17) is 4.74 Å². The molecule has 4 aromatic rings. The number of pyridine rings is 1. The number of aliphatic hydroxyl groups is 1. The average molecular weight is 445 g/mol. The van der Waals surface area contributed by atoms with Crippen molar-refractivity contribution in [2.24, 2.45) is 0 Å². The van der Waals surface area contributed by atoms with Crippen molar-refractivity contribution in [3.63, 3.8) is 0 Å². The van der Waals surface area contributed by atoms with Crippen molar-refractivity contribution in [3.8, 4) is 5.75 Å². The number of rotatable bonds is 8. The minimum atomic E-state index is -0.547. The van der Waals surface area contributed by atoms with Crippen LogP contribution in [0.4, 0.5) is 0 Å². The van der Waals surface area contributed by atoms with E-state index in [0.29, 0.717) is 12.6 Å². The Morgan fingerprint density at radius 3 is 2.85 bits per heavy atom. The molecule has 0 bridgehead atoms. The van der Waals surface area contributed by atoms with E-state index >= 15 is 0 Å². The van der Waals surface area contributed by atoms with Crippen molar-refractivity contribution in [2.75, 3.05) is 33.3 Å². The van der Waals surface area contributed by atoms with Gasteiger partial charge in [0.2, 0.25) is 0 Å². The molecule has 172 valence electrons. The molecule has 1 fully saturated rings. The van der Waals surface area contributed by atoms with Crippen LogP contribution in [0.15, 0.2) is 60.9 Å². The van der Waals surface area contributed by atoms with Gasteiger partial charge in [-0.05, 0) is 80.4 Å². The Hall–Kier alpha value is -2.93. The maximum absolute atomic E-state index is 11.0. The molecule has 3 N–H and O–H groups in total. The van der Waals surface area contributed by atoms with Crippen molar-refractivity contribution < 1.29 is 9.84 Å². The summed E-state index contributed by atoms with van der Waals surface area (Å²) in [4.78, 5) is 10.2. The molecule has 0 unspecified atom stereocenters. The zero-order valence-electron chi connectivity index (χ0n) is 19.1. The molecule has 0 spiro atoms. The molecule has 5 rings (SSSR count). The van der Waals surface area contributed by atoms with Gasteiger partial charge >= 0.3 is 0 Å². The van der Waals surface area contributed by atoms with Crippen molar-refractivity contribution in [3.05, 3.63) is 72.1 Å². The van der Waals surface area contributed by atoms with Crippen LogP contribution in [0.2, 0.25) is 0 Å². The number of benzene rings is 2. The highest BCUT2D eigenvalue weighted by atomic mass is 16.5. The van der Waals surface area contributed by atoms with Gasteiger partial charge < -0.3 is 25.0 Å². The molecular weight excluding hydrogens is 412 g/mol. The summed E-state index contributed by atoms with van der Waals surface area (Å²) in [7, 11) is 1.66. The van der Waals surface area contributed by atoms with Gasteiger partial charge in [0.1, 0.15) is 5.75 Å². The van der Waals surface area contributed by atoms with Crippen LogP contribution in [0.3, 0.4) is 0 Å². The van der Waals surface area contributed by atoms with E-state index in [1.54, 1.807) is 13.3 Å². The third-order valence-electron chi connectivity index (χ3n) is 6.86. The zero-order chi connectivity index (χ0) is 22.6. The maximum Gasteiger partial charge on any atom is 0.119 e. The summed E-state index contributed by atoms with van der Waals surface area (Å²) >= 11 is 0. The fraction of sp³-hybridized carbons (Fsp3) is 0.370. The number of H-pyrrole nitrogens is 1. The normalized spacial score (nSPS) is 16.4. The Bertz CT molecular complexity index is 1210. The molecule has 1 aliphatic rings. The predicted molar refractivity (Wildman–Crippen MR) is 133 cm³/mol. The SMILES string of the molecule is COc1ccc2nccc([C@@H](O)CN3CCC(NCCc4c[nH]c5ccccc45)CC3)c2c1. The zero-order valence-corrected chi connectivity index (χ0v) is 19.1. The molecule has 0 aliphatic carbocycles. The number of nitrogens with one attached hydrogen (secondary N) is 2. The lowest BCUT2D eigenvalue weighted by Gasteiger charge is -2.33. The molecule has 0 saturated carbocycles. The van der Waals surface area contributed by atoms with Crippen LogP contribution < -0.4 is 10.1 Å². The van der Waals surface area contributed by atoms with Crippen molar-refractivity contribution in [1.29, 1.82) is 0 Å². The van der Waals surface area contributed by atoms with E-state index in [2.05, 4.69) is 50.6 Å². The highest BCUT2D eigenvalue weighted by Gasteiger charge is 2.22. The molecule has 3 heterocycles. The molecule has 0 radical (unpaired) electrons. The smallest absolute Gasteiger partial charge is 0.119 e. The highest BCUT2D eigenvalue weighted by molar-refractivity contribution is 5.84. The van der Waals surface area contributed by atoms with Crippen LogP contribution in [-0.4, -0.2) is 59.3 Å². The third kappa shape index (κ3) is 4.88. The van der Waals surface area contributed by atoms with Gasteiger partial charge in [-0.1, -0.05) is 18.2 Å². The van der Waals surface area contributed by atoms with Crippen molar-refractivity contribution in [2.45, 2.75) is 31.4 Å². The lowest BCUT2D eigenvalue weighted by molar-refractivity contribution is 0.0951. The number of hydrogen-bond donors (Lipinski definition) is 3. The Morgan fingerprint density at radius 2 is 2.00 bits per heavy atom. The highest BCUT2D eigenvalue weighted by Crippen LogP contribution is 2.28. The summed E-state index contributed by atoms with van der Waals surface area (Å²) in [6.07, 6.45) is 6.60. The van der Waals surface area contributed by atoms with Gasteiger partial charge in [0.05, 0.1) is 18.7 Å². The van der Waals surface area contributed by atoms with Crippen LogP contribution in [-0.2, 0) is 6.42 Å². The Balaban J connectivity index is 1.12. The number of piperidine rings is 1. The molecule has 2 aromatic heterocycles. The minimum absolute atomic E-state index is 0.537. The Kier molecular flexibility index (Phi) is 6.58. The number of methoxy groups -OCH3 is 1. The predicted octanol–water partition coefficient (Wildman–Crippen LogP) is 4.05. The third-order valence-corrected chi connectivity index (χ3v) is 6.86.